The minimum Gasteiger partial charge on any atom is -0.497 e. The number of hydrogen-bond donors (Lipinski definition) is 0. The predicted octanol–water partition coefficient (Wildman–Crippen LogP) is 5.40. The number of methoxy groups -OCH3 is 2. The number of benzene rings is 2. The average Bonchev–Trinajstić information content (AvgIpc) is 3.45. The Balaban J connectivity index is 1.64. The van der Waals surface area contributed by atoms with Crippen LogP contribution in [0.2, 0.25) is 0 Å². The third-order valence-corrected chi connectivity index (χ3v) is 6.72. The van der Waals surface area contributed by atoms with E-state index in [0.29, 0.717) is 34.4 Å². The molecule has 0 aliphatic rings. The first-order valence-electron chi connectivity index (χ1n) is 12.2. The average molecular weight is 499 g/mol. The van der Waals surface area contributed by atoms with Crippen LogP contribution < -0.4 is 15.0 Å². The van der Waals surface area contributed by atoms with Crippen molar-refractivity contribution in [2.75, 3.05) is 14.2 Å². The Morgan fingerprint density at radius 2 is 1.73 bits per heavy atom. The lowest BCUT2D eigenvalue weighted by atomic mass is 10.1. The van der Waals surface area contributed by atoms with Crippen LogP contribution in [-0.2, 0) is 13.0 Å². The molecule has 2 aromatic carbocycles. The fourth-order valence-corrected chi connectivity index (χ4v) is 4.69. The first-order valence-corrected chi connectivity index (χ1v) is 12.2. The largest absolute Gasteiger partial charge is 0.497 e. The summed E-state index contributed by atoms with van der Waals surface area (Å²) in [6, 6.07) is 15.4. The van der Waals surface area contributed by atoms with Gasteiger partial charge < -0.3 is 13.9 Å². The summed E-state index contributed by atoms with van der Waals surface area (Å²) >= 11 is 0. The van der Waals surface area contributed by atoms with Crippen LogP contribution in [0, 0.1) is 20.8 Å². The monoisotopic (exact) mass is 498 g/mol. The maximum Gasteiger partial charge on any atom is 0.252 e. The highest BCUT2D eigenvalue weighted by Crippen LogP contribution is 2.34. The lowest BCUT2D eigenvalue weighted by Crippen LogP contribution is -2.23. The Bertz CT molecular complexity index is 1660. The van der Waals surface area contributed by atoms with Crippen LogP contribution in [0.3, 0.4) is 0 Å². The highest BCUT2D eigenvalue weighted by atomic mass is 16.5. The summed E-state index contributed by atoms with van der Waals surface area (Å²) in [5.41, 5.74) is 5.87. The molecule has 5 aromatic rings. The Hall–Kier alpha value is -4.33. The van der Waals surface area contributed by atoms with Crippen LogP contribution in [0.5, 0.6) is 11.5 Å². The first kappa shape index (κ1) is 24.4. The van der Waals surface area contributed by atoms with E-state index in [1.165, 1.54) is 5.56 Å². The molecule has 0 spiro atoms. The molecule has 8 heteroatoms. The van der Waals surface area contributed by atoms with Gasteiger partial charge in [0.15, 0.2) is 0 Å². The van der Waals surface area contributed by atoms with E-state index in [0.717, 1.165) is 34.4 Å². The van der Waals surface area contributed by atoms with Gasteiger partial charge in [-0.05, 0) is 62.6 Å². The molecule has 0 amide bonds. The second-order valence-corrected chi connectivity index (χ2v) is 9.06. The van der Waals surface area contributed by atoms with Crippen LogP contribution in [0.4, 0.5) is 0 Å². The van der Waals surface area contributed by atoms with Crippen molar-refractivity contribution in [1.82, 2.24) is 19.3 Å². The van der Waals surface area contributed by atoms with Crippen LogP contribution >= 0.6 is 0 Å². The Morgan fingerprint density at radius 1 is 0.973 bits per heavy atom. The van der Waals surface area contributed by atoms with Gasteiger partial charge in [-0.2, -0.15) is 5.10 Å². The molecule has 0 N–H and O–H groups in total. The lowest BCUT2D eigenvalue weighted by molar-refractivity contribution is 0.394. The molecule has 8 nitrogen and oxygen atoms in total. The van der Waals surface area contributed by atoms with E-state index in [1.54, 1.807) is 30.9 Å². The van der Waals surface area contributed by atoms with Gasteiger partial charge in [-0.3, -0.25) is 9.36 Å². The molecule has 5 rings (SSSR count). The van der Waals surface area contributed by atoms with Gasteiger partial charge in [-0.15, -0.1) is 0 Å². The first-order chi connectivity index (χ1) is 17.8. The lowest BCUT2D eigenvalue weighted by Gasteiger charge is -2.12. The van der Waals surface area contributed by atoms with Crippen molar-refractivity contribution in [3.63, 3.8) is 0 Å². The molecule has 0 fully saturated rings. The van der Waals surface area contributed by atoms with Crippen LogP contribution in [0.15, 0.2) is 57.7 Å². The zero-order valence-corrected chi connectivity index (χ0v) is 22.0. The number of oxazole rings is 1. The number of nitrogens with zero attached hydrogens (tertiary/aromatic N) is 4. The van der Waals surface area contributed by atoms with E-state index in [9.17, 15) is 4.79 Å². The Kier molecular flexibility index (Phi) is 6.33. The van der Waals surface area contributed by atoms with Gasteiger partial charge in [0.2, 0.25) is 5.89 Å². The van der Waals surface area contributed by atoms with Gasteiger partial charge in [-0.25, -0.2) is 9.67 Å². The van der Waals surface area contributed by atoms with Gasteiger partial charge >= 0.3 is 0 Å². The molecule has 0 saturated heterocycles. The number of aryl methyl sites for hydroxylation is 4. The normalized spacial score (nSPS) is 11.3. The van der Waals surface area contributed by atoms with Crippen molar-refractivity contribution < 1.29 is 13.9 Å². The van der Waals surface area contributed by atoms with Crippen molar-refractivity contribution in [3.8, 4) is 28.6 Å². The van der Waals surface area contributed by atoms with E-state index in [1.807, 2.05) is 49.7 Å². The maximum absolute atomic E-state index is 13.3. The summed E-state index contributed by atoms with van der Waals surface area (Å²) in [7, 11) is 3.20. The molecular weight excluding hydrogens is 468 g/mol. The van der Waals surface area contributed by atoms with Crippen LogP contribution in [0.1, 0.15) is 35.2 Å². The molecule has 0 radical (unpaired) electrons. The van der Waals surface area contributed by atoms with Gasteiger partial charge in [-0.1, -0.05) is 19.1 Å². The molecule has 0 saturated carbocycles. The Labute approximate surface area is 215 Å². The number of hydrogen-bond acceptors (Lipinski definition) is 6. The van der Waals surface area contributed by atoms with Crippen molar-refractivity contribution >= 4 is 11.0 Å². The van der Waals surface area contributed by atoms with Gasteiger partial charge in [0.05, 0.1) is 37.7 Å². The standard InChI is InChI=1S/C29H30N4O4/c1-7-20-8-10-21(11-9-20)33-29-27(18(3)31-33)17(2)14-26(34)32(29)16-24-19(4)37-28(30-24)23-13-12-22(35-5)15-25(23)36-6/h8-15H,7,16H2,1-6H3. The van der Waals surface area contributed by atoms with Gasteiger partial charge in [0.1, 0.15) is 28.6 Å². The third kappa shape index (κ3) is 4.28. The zero-order valence-electron chi connectivity index (χ0n) is 22.0. The topological polar surface area (TPSA) is 84.3 Å². The molecule has 3 heterocycles. The van der Waals surface area contributed by atoms with E-state index in [2.05, 4.69) is 19.1 Å². The summed E-state index contributed by atoms with van der Waals surface area (Å²) in [5, 5.41) is 5.77. The summed E-state index contributed by atoms with van der Waals surface area (Å²) in [6.45, 7) is 8.13. The highest BCUT2D eigenvalue weighted by molar-refractivity contribution is 5.83. The van der Waals surface area contributed by atoms with Gasteiger partial charge in [0, 0.05) is 17.5 Å². The number of ether oxygens (including phenoxy) is 2. The third-order valence-electron chi connectivity index (χ3n) is 6.72. The number of aromatic nitrogens is 4. The number of pyridine rings is 1. The minimum absolute atomic E-state index is 0.123. The zero-order chi connectivity index (χ0) is 26.3. The van der Waals surface area contributed by atoms with E-state index in [4.69, 9.17) is 24.0 Å². The van der Waals surface area contributed by atoms with E-state index >= 15 is 0 Å². The molecule has 0 unspecified atom stereocenters. The molecule has 0 atom stereocenters. The molecule has 0 aliphatic heterocycles. The van der Waals surface area contributed by atoms with E-state index in [-0.39, 0.29) is 12.1 Å². The molecule has 3 aromatic heterocycles. The minimum atomic E-state index is -0.123. The van der Waals surface area contributed by atoms with Crippen molar-refractivity contribution in [3.05, 3.63) is 87.2 Å². The second-order valence-electron chi connectivity index (χ2n) is 9.06. The quantitative estimate of drug-likeness (QED) is 0.299. The van der Waals surface area contributed by atoms with Crippen molar-refractivity contribution in [2.45, 2.75) is 40.7 Å². The van der Waals surface area contributed by atoms with E-state index < -0.39 is 0 Å². The molecule has 190 valence electrons. The highest BCUT2D eigenvalue weighted by Gasteiger charge is 2.21. The maximum atomic E-state index is 13.3. The summed E-state index contributed by atoms with van der Waals surface area (Å²) in [5.74, 6) is 2.31. The fraction of sp³-hybridized carbons (Fsp3) is 0.276. The smallest absolute Gasteiger partial charge is 0.252 e. The molecule has 0 aliphatic carbocycles. The predicted molar refractivity (Wildman–Crippen MR) is 143 cm³/mol. The van der Waals surface area contributed by atoms with Crippen LogP contribution in [-0.4, -0.2) is 33.6 Å². The van der Waals surface area contributed by atoms with Crippen molar-refractivity contribution in [1.29, 1.82) is 0 Å². The summed E-state index contributed by atoms with van der Waals surface area (Å²) < 4.78 is 20.4. The fourth-order valence-electron chi connectivity index (χ4n) is 4.69. The Morgan fingerprint density at radius 3 is 2.41 bits per heavy atom. The summed E-state index contributed by atoms with van der Waals surface area (Å²) in [6.07, 6.45) is 0.954. The number of rotatable bonds is 7. The molecular formula is C29H30N4O4. The van der Waals surface area contributed by atoms with Gasteiger partial charge in [0.25, 0.3) is 5.56 Å². The summed E-state index contributed by atoms with van der Waals surface area (Å²) in [4.78, 5) is 18.1. The molecule has 37 heavy (non-hydrogen) atoms. The molecule has 0 bridgehead atoms. The SMILES string of the molecule is CCc1ccc(-n2nc(C)c3c(C)cc(=O)n(Cc4nc(-c5ccc(OC)cc5OC)oc4C)c32)cc1. The second kappa shape index (κ2) is 9.61. The van der Waals surface area contributed by atoms with Crippen molar-refractivity contribution in [2.24, 2.45) is 0 Å². The van der Waals surface area contributed by atoms with Crippen LogP contribution in [0.25, 0.3) is 28.2 Å². The number of fused-ring (bicyclic) bond motifs is 1.